The molecule has 0 saturated carbocycles. The summed E-state index contributed by atoms with van der Waals surface area (Å²) < 4.78 is 11.0. The van der Waals surface area contributed by atoms with Crippen molar-refractivity contribution in [3.05, 3.63) is 53.6 Å². The molecule has 0 unspecified atom stereocenters. The Morgan fingerprint density at radius 1 is 1.04 bits per heavy atom. The summed E-state index contributed by atoms with van der Waals surface area (Å²) in [4.78, 5) is 12.3. The molecule has 4 heteroatoms. The molecule has 25 heavy (non-hydrogen) atoms. The third-order valence-corrected chi connectivity index (χ3v) is 4.26. The molecule has 0 atom stereocenters. The van der Waals surface area contributed by atoms with E-state index in [0.29, 0.717) is 25.4 Å². The number of anilines is 1. The van der Waals surface area contributed by atoms with Gasteiger partial charge in [-0.3, -0.25) is 4.79 Å². The lowest BCUT2D eigenvalue weighted by atomic mass is 9.86. The molecule has 0 aromatic heterocycles. The number of aryl methyl sites for hydroxylation is 1. The van der Waals surface area contributed by atoms with Crippen molar-refractivity contribution < 1.29 is 14.3 Å². The van der Waals surface area contributed by atoms with Crippen LogP contribution in [0.1, 0.15) is 38.3 Å². The standard InChI is InChI=1S/C21H25NO3/c1-21(2,3)16-6-4-5-15(13-16)7-10-20(23)22-17-8-9-18-19(14-17)25-12-11-24-18/h4-6,8-9,13-14H,7,10-12H2,1-3H3,(H,22,23). The van der Waals surface area contributed by atoms with Crippen LogP contribution in [0.25, 0.3) is 0 Å². The molecule has 0 saturated heterocycles. The Kier molecular flexibility index (Phi) is 4.98. The molecule has 132 valence electrons. The zero-order chi connectivity index (χ0) is 17.9. The molecule has 0 fully saturated rings. The fourth-order valence-electron chi connectivity index (χ4n) is 2.80. The van der Waals surface area contributed by atoms with Crippen LogP contribution in [0.2, 0.25) is 0 Å². The fraction of sp³-hybridized carbons (Fsp3) is 0.381. The minimum absolute atomic E-state index is 0.00200. The summed E-state index contributed by atoms with van der Waals surface area (Å²) in [5.74, 6) is 1.41. The number of hydrogen-bond donors (Lipinski definition) is 1. The van der Waals surface area contributed by atoms with E-state index in [1.807, 2.05) is 18.2 Å². The maximum absolute atomic E-state index is 12.3. The molecule has 1 N–H and O–H groups in total. The minimum atomic E-state index is -0.00200. The Labute approximate surface area is 149 Å². The lowest BCUT2D eigenvalue weighted by Gasteiger charge is -2.20. The number of hydrogen-bond acceptors (Lipinski definition) is 3. The Morgan fingerprint density at radius 2 is 1.80 bits per heavy atom. The van der Waals surface area contributed by atoms with Gasteiger partial charge in [0.1, 0.15) is 13.2 Å². The van der Waals surface area contributed by atoms with Gasteiger partial charge in [0, 0.05) is 18.2 Å². The number of ether oxygens (including phenoxy) is 2. The molecule has 0 radical (unpaired) electrons. The molecule has 4 nitrogen and oxygen atoms in total. The van der Waals surface area contributed by atoms with Gasteiger partial charge in [-0.2, -0.15) is 0 Å². The van der Waals surface area contributed by atoms with Crippen LogP contribution in [0, 0.1) is 0 Å². The number of benzene rings is 2. The second kappa shape index (κ2) is 7.18. The first-order chi connectivity index (χ1) is 11.9. The first-order valence-electron chi connectivity index (χ1n) is 8.71. The van der Waals surface area contributed by atoms with E-state index in [0.717, 1.165) is 17.9 Å². The van der Waals surface area contributed by atoms with Gasteiger partial charge in [0.05, 0.1) is 0 Å². The Balaban J connectivity index is 1.58. The molecular formula is C21H25NO3. The quantitative estimate of drug-likeness (QED) is 0.902. The molecule has 1 heterocycles. The Hall–Kier alpha value is -2.49. The number of carbonyl (C=O) groups is 1. The monoisotopic (exact) mass is 339 g/mol. The number of rotatable bonds is 4. The third-order valence-electron chi connectivity index (χ3n) is 4.26. The van der Waals surface area contributed by atoms with Crippen LogP contribution in [-0.4, -0.2) is 19.1 Å². The zero-order valence-corrected chi connectivity index (χ0v) is 15.1. The van der Waals surface area contributed by atoms with E-state index in [1.54, 1.807) is 0 Å². The van der Waals surface area contributed by atoms with Crippen LogP contribution in [0.15, 0.2) is 42.5 Å². The van der Waals surface area contributed by atoms with Crippen LogP contribution < -0.4 is 14.8 Å². The van der Waals surface area contributed by atoms with Crippen molar-refractivity contribution >= 4 is 11.6 Å². The highest BCUT2D eigenvalue weighted by Crippen LogP contribution is 2.32. The van der Waals surface area contributed by atoms with Crippen molar-refractivity contribution in [2.75, 3.05) is 18.5 Å². The van der Waals surface area contributed by atoms with Crippen LogP contribution >= 0.6 is 0 Å². The smallest absolute Gasteiger partial charge is 0.224 e. The highest BCUT2D eigenvalue weighted by molar-refractivity contribution is 5.91. The van der Waals surface area contributed by atoms with Crippen molar-refractivity contribution in [3.8, 4) is 11.5 Å². The molecule has 2 aromatic rings. The van der Waals surface area contributed by atoms with Crippen LogP contribution in [0.3, 0.4) is 0 Å². The summed E-state index contributed by atoms with van der Waals surface area (Å²) >= 11 is 0. The van der Waals surface area contributed by atoms with E-state index in [1.165, 1.54) is 11.1 Å². The van der Waals surface area contributed by atoms with Gasteiger partial charge in [-0.1, -0.05) is 45.0 Å². The lowest BCUT2D eigenvalue weighted by Crippen LogP contribution is -2.16. The predicted molar refractivity (Wildman–Crippen MR) is 99.5 cm³/mol. The van der Waals surface area contributed by atoms with Crippen molar-refractivity contribution in [1.82, 2.24) is 0 Å². The van der Waals surface area contributed by atoms with E-state index in [4.69, 9.17) is 9.47 Å². The van der Waals surface area contributed by atoms with Gasteiger partial charge in [0.2, 0.25) is 5.91 Å². The largest absolute Gasteiger partial charge is 0.486 e. The fourth-order valence-corrected chi connectivity index (χ4v) is 2.80. The van der Waals surface area contributed by atoms with Gasteiger partial charge in [-0.25, -0.2) is 0 Å². The van der Waals surface area contributed by atoms with Gasteiger partial charge in [-0.15, -0.1) is 0 Å². The summed E-state index contributed by atoms with van der Waals surface area (Å²) in [5.41, 5.74) is 3.32. The summed E-state index contributed by atoms with van der Waals surface area (Å²) in [6.07, 6.45) is 1.17. The number of carbonyl (C=O) groups excluding carboxylic acids is 1. The van der Waals surface area contributed by atoms with Gasteiger partial charge >= 0.3 is 0 Å². The van der Waals surface area contributed by atoms with E-state index >= 15 is 0 Å². The Bertz CT molecular complexity index is 762. The van der Waals surface area contributed by atoms with Gasteiger partial charge < -0.3 is 14.8 Å². The first-order valence-corrected chi connectivity index (χ1v) is 8.71. The molecule has 0 aliphatic carbocycles. The van der Waals surface area contributed by atoms with E-state index < -0.39 is 0 Å². The second-order valence-corrected chi connectivity index (χ2v) is 7.36. The summed E-state index contributed by atoms with van der Waals surface area (Å²) in [5, 5.41) is 2.93. The highest BCUT2D eigenvalue weighted by atomic mass is 16.6. The summed E-state index contributed by atoms with van der Waals surface area (Å²) in [6, 6.07) is 14.0. The average Bonchev–Trinajstić information content (AvgIpc) is 2.59. The average molecular weight is 339 g/mol. The van der Waals surface area contributed by atoms with Crippen LogP contribution in [-0.2, 0) is 16.6 Å². The molecule has 2 aromatic carbocycles. The number of amides is 1. The predicted octanol–water partition coefficient (Wildman–Crippen LogP) is 4.33. The van der Waals surface area contributed by atoms with Crippen LogP contribution in [0.5, 0.6) is 11.5 Å². The molecule has 0 bridgehead atoms. The molecule has 3 rings (SSSR count). The van der Waals surface area contributed by atoms with E-state index in [-0.39, 0.29) is 11.3 Å². The lowest BCUT2D eigenvalue weighted by molar-refractivity contribution is -0.116. The van der Waals surface area contributed by atoms with Crippen molar-refractivity contribution in [2.45, 2.75) is 39.0 Å². The minimum Gasteiger partial charge on any atom is -0.486 e. The number of nitrogens with one attached hydrogen (secondary N) is 1. The molecule has 0 spiro atoms. The van der Waals surface area contributed by atoms with Crippen molar-refractivity contribution in [3.63, 3.8) is 0 Å². The number of fused-ring (bicyclic) bond motifs is 1. The third kappa shape index (κ3) is 4.53. The summed E-state index contributed by atoms with van der Waals surface area (Å²) in [6.45, 7) is 7.68. The van der Waals surface area contributed by atoms with Gasteiger partial charge in [-0.05, 0) is 35.1 Å². The van der Waals surface area contributed by atoms with E-state index in [2.05, 4.69) is 50.4 Å². The second-order valence-electron chi connectivity index (χ2n) is 7.36. The first kappa shape index (κ1) is 17.3. The van der Waals surface area contributed by atoms with Gasteiger partial charge in [0.15, 0.2) is 11.5 Å². The summed E-state index contributed by atoms with van der Waals surface area (Å²) in [7, 11) is 0. The molecule has 1 aliphatic rings. The maximum atomic E-state index is 12.3. The highest BCUT2D eigenvalue weighted by Gasteiger charge is 2.15. The zero-order valence-electron chi connectivity index (χ0n) is 15.1. The maximum Gasteiger partial charge on any atom is 0.224 e. The topological polar surface area (TPSA) is 47.6 Å². The Morgan fingerprint density at radius 3 is 2.56 bits per heavy atom. The van der Waals surface area contributed by atoms with Crippen molar-refractivity contribution in [1.29, 1.82) is 0 Å². The van der Waals surface area contributed by atoms with Gasteiger partial charge in [0.25, 0.3) is 0 Å². The molecule has 1 amide bonds. The van der Waals surface area contributed by atoms with Crippen LogP contribution in [0.4, 0.5) is 5.69 Å². The SMILES string of the molecule is CC(C)(C)c1cccc(CCC(=O)Nc2ccc3c(c2)OCCO3)c1. The molecular weight excluding hydrogens is 314 g/mol. The molecule has 1 aliphatic heterocycles. The van der Waals surface area contributed by atoms with E-state index in [9.17, 15) is 4.79 Å². The normalized spacial score (nSPS) is 13.4. The van der Waals surface area contributed by atoms with Crippen molar-refractivity contribution in [2.24, 2.45) is 0 Å².